The minimum absolute atomic E-state index is 0.0185. The number of carbonyl (C=O) groups is 2. The minimum Gasteiger partial charge on any atom is -0.465 e. The molecule has 0 aromatic carbocycles. The van der Waals surface area contributed by atoms with E-state index in [1.54, 1.807) is 0 Å². The molecule has 0 aliphatic heterocycles. The first kappa shape index (κ1) is 47.7. The average Bonchev–Trinajstić information content (AvgIpc) is 3.11. The fourth-order valence-electron chi connectivity index (χ4n) is 5.78. The van der Waals surface area contributed by atoms with Crippen LogP contribution in [0, 0.1) is 11.8 Å². The van der Waals surface area contributed by atoms with Crippen molar-refractivity contribution in [1.29, 1.82) is 0 Å². The van der Waals surface area contributed by atoms with Crippen LogP contribution in [-0.4, -0.2) is 101 Å². The molecule has 2 atom stereocenters. The number of esters is 2. The Morgan fingerprint density at radius 1 is 0.449 bits per heavy atom. The third kappa shape index (κ3) is 31.2. The van der Waals surface area contributed by atoms with Crippen molar-refractivity contribution in [2.45, 2.75) is 156 Å². The number of ether oxygens (including phenoxy) is 5. The number of rotatable bonds is 39. The van der Waals surface area contributed by atoms with Gasteiger partial charge in [-0.1, -0.05) is 105 Å². The Morgan fingerprint density at radius 2 is 0.816 bits per heavy atom. The SMILES string of the molecule is CCCCCCC(CCCC)C(=O)OCCCCOCCN(CCOCCO)CCOCCCCOC(=O)C(CCCC)CCCCCC. The molecule has 1 N–H and O–H groups in total. The molecule has 2 unspecified atom stereocenters. The van der Waals surface area contributed by atoms with Crippen LogP contribution in [0.1, 0.15) is 156 Å². The number of hydrogen-bond donors (Lipinski definition) is 1. The molecular formula is C40H79NO8. The lowest BCUT2D eigenvalue weighted by atomic mass is 9.95. The zero-order chi connectivity index (χ0) is 36.0. The molecule has 0 heterocycles. The molecule has 0 aliphatic carbocycles. The summed E-state index contributed by atoms with van der Waals surface area (Å²) in [4.78, 5) is 27.5. The van der Waals surface area contributed by atoms with E-state index in [1.807, 2.05) is 0 Å². The molecule has 9 nitrogen and oxygen atoms in total. The van der Waals surface area contributed by atoms with Gasteiger partial charge in [0.2, 0.25) is 0 Å². The Kier molecular flexibility index (Phi) is 37.0. The van der Waals surface area contributed by atoms with Gasteiger partial charge in [0.05, 0.1) is 58.1 Å². The van der Waals surface area contributed by atoms with Gasteiger partial charge in [-0.15, -0.1) is 0 Å². The van der Waals surface area contributed by atoms with Gasteiger partial charge in [-0.2, -0.15) is 0 Å². The van der Waals surface area contributed by atoms with Gasteiger partial charge in [0.15, 0.2) is 0 Å². The quantitative estimate of drug-likeness (QED) is 0.0499. The monoisotopic (exact) mass is 702 g/mol. The van der Waals surface area contributed by atoms with Crippen molar-refractivity contribution in [3.63, 3.8) is 0 Å². The normalized spacial score (nSPS) is 12.8. The molecule has 0 radical (unpaired) electrons. The fourth-order valence-corrected chi connectivity index (χ4v) is 5.78. The third-order valence-corrected chi connectivity index (χ3v) is 9.04. The summed E-state index contributed by atoms with van der Waals surface area (Å²) in [7, 11) is 0. The number of aliphatic hydroxyl groups is 1. The van der Waals surface area contributed by atoms with Crippen LogP contribution in [0.3, 0.4) is 0 Å². The van der Waals surface area contributed by atoms with Crippen LogP contribution in [-0.2, 0) is 33.3 Å². The van der Waals surface area contributed by atoms with E-state index in [0.29, 0.717) is 52.9 Å². The highest BCUT2D eigenvalue weighted by molar-refractivity contribution is 5.72. The molecule has 0 amide bonds. The predicted molar refractivity (Wildman–Crippen MR) is 200 cm³/mol. The van der Waals surface area contributed by atoms with Gasteiger partial charge in [-0.3, -0.25) is 14.5 Å². The summed E-state index contributed by atoms with van der Waals surface area (Å²) in [6, 6.07) is 0. The summed E-state index contributed by atoms with van der Waals surface area (Å²) in [6.07, 6.45) is 21.0. The van der Waals surface area contributed by atoms with Gasteiger partial charge in [-0.25, -0.2) is 0 Å². The molecule has 0 saturated heterocycles. The molecule has 0 rings (SSSR count). The zero-order valence-corrected chi connectivity index (χ0v) is 32.5. The summed E-state index contributed by atoms with van der Waals surface area (Å²) in [5.74, 6) is 0.0593. The van der Waals surface area contributed by atoms with Crippen LogP contribution in [0.5, 0.6) is 0 Å². The smallest absolute Gasteiger partial charge is 0.308 e. The second kappa shape index (κ2) is 38.0. The minimum atomic E-state index is -0.0185. The van der Waals surface area contributed by atoms with E-state index in [9.17, 15) is 9.59 Å². The van der Waals surface area contributed by atoms with Crippen LogP contribution in [0.15, 0.2) is 0 Å². The predicted octanol–water partition coefficient (Wildman–Crippen LogP) is 8.53. The van der Waals surface area contributed by atoms with E-state index in [-0.39, 0.29) is 30.4 Å². The van der Waals surface area contributed by atoms with Crippen LogP contribution in [0.25, 0.3) is 0 Å². The second-order valence-corrected chi connectivity index (χ2v) is 13.5. The summed E-state index contributed by atoms with van der Waals surface area (Å²) in [6.45, 7) is 15.4. The number of unbranched alkanes of at least 4 members (excludes halogenated alkanes) is 10. The molecule has 0 bridgehead atoms. The fraction of sp³-hybridized carbons (Fsp3) is 0.950. The van der Waals surface area contributed by atoms with Crippen molar-refractivity contribution in [1.82, 2.24) is 4.90 Å². The highest BCUT2D eigenvalue weighted by atomic mass is 16.5. The van der Waals surface area contributed by atoms with Gasteiger partial charge in [0.25, 0.3) is 0 Å². The largest absolute Gasteiger partial charge is 0.465 e. The van der Waals surface area contributed by atoms with E-state index < -0.39 is 0 Å². The Bertz CT molecular complexity index is 658. The molecular weight excluding hydrogens is 622 g/mol. The van der Waals surface area contributed by atoms with Crippen molar-refractivity contribution < 1.29 is 38.4 Å². The van der Waals surface area contributed by atoms with Gasteiger partial charge in [-0.05, 0) is 51.4 Å². The molecule has 0 aliphatic rings. The first-order valence-electron chi connectivity index (χ1n) is 20.4. The highest BCUT2D eigenvalue weighted by Crippen LogP contribution is 2.20. The first-order chi connectivity index (χ1) is 24.0. The number of nitrogens with zero attached hydrogens (tertiary/aromatic N) is 1. The number of carbonyl (C=O) groups excluding carboxylic acids is 2. The van der Waals surface area contributed by atoms with Crippen LogP contribution < -0.4 is 0 Å². The molecule has 292 valence electrons. The molecule has 49 heavy (non-hydrogen) atoms. The summed E-state index contributed by atoms with van der Waals surface area (Å²) in [5.41, 5.74) is 0. The maximum Gasteiger partial charge on any atom is 0.308 e. The Balaban J connectivity index is 4.19. The van der Waals surface area contributed by atoms with Gasteiger partial charge < -0.3 is 28.8 Å². The van der Waals surface area contributed by atoms with Crippen LogP contribution in [0.4, 0.5) is 0 Å². The molecule has 0 aromatic rings. The Labute approximate surface area is 301 Å². The molecule has 0 fully saturated rings. The van der Waals surface area contributed by atoms with E-state index in [4.69, 9.17) is 28.8 Å². The first-order valence-corrected chi connectivity index (χ1v) is 20.4. The van der Waals surface area contributed by atoms with Crippen LogP contribution in [0.2, 0.25) is 0 Å². The topological polar surface area (TPSA) is 104 Å². The summed E-state index contributed by atoms with van der Waals surface area (Å²) < 4.78 is 28.5. The highest BCUT2D eigenvalue weighted by Gasteiger charge is 2.20. The van der Waals surface area contributed by atoms with Crippen LogP contribution >= 0.6 is 0 Å². The standard InChI is InChI=1S/C40H79NO8/c1-5-9-13-15-23-37(21-11-7-3)39(43)48-31-19-17-29-45-33-25-41(27-35-47-36-28-42)26-34-46-30-18-20-32-49-40(44)38(22-12-8-4)24-16-14-10-6-2/h37-38,42H,5-36H2,1-4H3. The van der Waals surface area contributed by atoms with E-state index in [1.165, 1.54) is 38.5 Å². The summed E-state index contributed by atoms with van der Waals surface area (Å²) >= 11 is 0. The lowest BCUT2D eigenvalue weighted by molar-refractivity contribution is -0.150. The van der Waals surface area contributed by atoms with Gasteiger partial charge in [0, 0.05) is 32.8 Å². The maximum atomic E-state index is 12.6. The van der Waals surface area contributed by atoms with E-state index in [2.05, 4.69) is 32.6 Å². The van der Waals surface area contributed by atoms with Crippen molar-refractivity contribution in [3.8, 4) is 0 Å². The lowest BCUT2D eigenvalue weighted by Crippen LogP contribution is -2.34. The molecule has 9 heteroatoms. The zero-order valence-electron chi connectivity index (χ0n) is 32.5. The number of aliphatic hydroxyl groups excluding tert-OH is 1. The van der Waals surface area contributed by atoms with Crippen molar-refractivity contribution >= 4 is 11.9 Å². The third-order valence-electron chi connectivity index (χ3n) is 9.04. The van der Waals surface area contributed by atoms with Gasteiger partial charge in [0.1, 0.15) is 0 Å². The Morgan fingerprint density at radius 3 is 1.20 bits per heavy atom. The Hall–Kier alpha value is -1.26. The maximum absolute atomic E-state index is 12.6. The van der Waals surface area contributed by atoms with E-state index in [0.717, 1.165) is 110 Å². The molecule has 0 aromatic heterocycles. The second-order valence-electron chi connectivity index (χ2n) is 13.5. The number of hydrogen-bond acceptors (Lipinski definition) is 9. The van der Waals surface area contributed by atoms with Crippen molar-refractivity contribution in [3.05, 3.63) is 0 Å². The van der Waals surface area contributed by atoms with Crippen molar-refractivity contribution in [2.24, 2.45) is 11.8 Å². The van der Waals surface area contributed by atoms with Gasteiger partial charge >= 0.3 is 11.9 Å². The van der Waals surface area contributed by atoms with E-state index >= 15 is 0 Å². The lowest BCUT2D eigenvalue weighted by Gasteiger charge is -2.22. The average molecular weight is 702 g/mol. The molecule has 0 saturated carbocycles. The molecule has 0 spiro atoms. The summed E-state index contributed by atoms with van der Waals surface area (Å²) in [5, 5.41) is 9.01. The van der Waals surface area contributed by atoms with Crippen molar-refractivity contribution in [2.75, 3.05) is 79.1 Å².